The van der Waals surface area contributed by atoms with Crippen molar-refractivity contribution in [1.82, 2.24) is 0 Å². The number of halogens is 1. The van der Waals surface area contributed by atoms with E-state index >= 15 is 0 Å². The Morgan fingerprint density at radius 3 is 2.03 bits per heavy atom. The smallest absolute Gasteiger partial charge is 0.321 e. The van der Waals surface area contributed by atoms with Crippen LogP contribution in [0.15, 0.2) is 97.3 Å². The van der Waals surface area contributed by atoms with Gasteiger partial charge in [0, 0.05) is 0 Å². The molecule has 3 aromatic carbocycles. The minimum atomic E-state index is -0.523. The molecule has 0 atom stereocenters. The lowest BCUT2D eigenvalue weighted by Crippen LogP contribution is -2.27. The zero-order valence-corrected chi connectivity index (χ0v) is 20.6. The van der Waals surface area contributed by atoms with Gasteiger partial charge in [-0.05, 0) is 62.4 Å². The Balaban J connectivity index is 1.48. The molecule has 0 spiro atoms. The van der Waals surface area contributed by atoms with Crippen LogP contribution in [-0.4, -0.2) is 22.6 Å². The molecule has 6 heteroatoms. The maximum absolute atomic E-state index is 11.8. The molecule has 0 N–H and O–H groups in total. The summed E-state index contributed by atoms with van der Waals surface area (Å²) in [6.07, 6.45) is 0. The summed E-state index contributed by atoms with van der Waals surface area (Å²) >= 11 is 3.92. The molecule has 154 valence electrons. The van der Waals surface area contributed by atoms with E-state index in [2.05, 4.69) is 83.3 Å². The fraction of sp³-hybridized carbons (Fsp3) is 0.208. The summed E-state index contributed by atoms with van der Waals surface area (Å²) in [5, 5.41) is 0. The van der Waals surface area contributed by atoms with Gasteiger partial charge in [0.1, 0.15) is 33.3 Å². The first-order chi connectivity index (χ1) is 14.4. The normalized spacial score (nSPS) is 13.3. The quantitative estimate of drug-likeness (QED) is 0.0920. The molecule has 1 aliphatic heterocycles. The van der Waals surface area contributed by atoms with Crippen LogP contribution in [0.3, 0.4) is 0 Å². The average Bonchev–Trinajstić information content (AvgIpc) is 2.74. The summed E-state index contributed by atoms with van der Waals surface area (Å²) in [4.78, 5) is 18.4. The monoisotopic (exact) mass is 549 g/mol. The Kier molecular flexibility index (Phi) is 6.65. The van der Waals surface area contributed by atoms with E-state index in [1.54, 1.807) is 0 Å². The van der Waals surface area contributed by atoms with Crippen LogP contribution >= 0.6 is 34.4 Å². The molecule has 0 unspecified atom stereocenters. The first kappa shape index (κ1) is 21.6. The highest BCUT2D eigenvalue weighted by Gasteiger charge is 2.37. The van der Waals surface area contributed by atoms with E-state index in [9.17, 15) is 4.79 Å². The van der Waals surface area contributed by atoms with Crippen LogP contribution in [0.1, 0.15) is 13.8 Å². The van der Waals surface area contributed by atoms with Gasteiger partial charge in [-0.3, -0.25) is 4.79 Å². The topological polar surface area (TPSA) is 35.5 Å². The first-order valence-electron chi connectivity index (χ1n) is 9.63. The Labute approximate surface area is 198 Å². The molecule has 4 rings (SSSR count). The Bertz CT molecular complexity index is 999. The predicted molar refractivity (Wildman–Crippen MR) is 130 cm³/mol. The first-order valence-corrected chi connectivity index (χ1v) is 12.7. The van der Waals surface area contributed by atoms with E-state index in [0.29, 0.717) is 6.61 Å². The molecule has 0 bridgehead atoms. The van der Waals surface area contributed by atoms with Gasteiger partial charge in [-0.2, -0.15) is 0 Å². The molecule has 1 aliphatic rings. The van der Waals surface area contributed by atoms with E-state index in [-0.39, 0.29) is 23.5 Å². The fourth-order valence-electron chi connectivity index (χ4n) is 3.03. The van der Waals surface area contributed by atoms with E-state index in [1.807, 2.05) is 37.7 Å². The SMILES string of the molecule is CC(C)(I)C(=O)OCCOc1ccc([S+]2c3ccccc3Sc3ccccc32)cc1. The Morgan fingerprint density at radius 1 is 0.900 bits per heavy atom. The average molecular weight is 549 g/mol. The van der Waals surface area contributed by atoms with Crippen molar-refractivity contribution in [2.45, 2.75) is 41.7 Å². The third kappa shape index (κ3) is 4.81. The van der Waals surface area contributed by atoms with E-state index in [0.717, 1.165) is 5.75 Å². The molecule has 0 saturated heterocycles. The largest absolute Gasteiger partial charge is 0.490 e. The molecule has 0 aliphatic carbocycles. The molecule has 3 nitrogen and oxygen atoms in total. The van der Waals surface area contributed by atoms with Crippen LogP contribution in [0.5, 0.6) is 5.75 Å². The third-order valence-electron chi connectivity index (χ3n) is 4.49. The highest BCUT2D eigenvalue weighted by molar-refractivity contribution is 14.1. The van der Waals surface area contributed by atoms with E-state index < -0.39 is 3.42 Å². The number of hydrogen-bond acceptors (Lipinski definition) is 4. The van der Waals surface area contributed by atoms with Crippen LogP contribution in [0.2, 0.25) is 0 Å². The maximum atomic E-state index is 11.8. The van der Waals surface area contributed by atoms with Crippen molar-refractivity contribution >= 4 is 51.2 Å². The van der Waals surface area contributed by atoms with Crippen LogP contribution < -0.4 is 4.74 Å². The third-order valence-corrected chi connectivity index (χ3v) is 8.67. The molecule has 0 fully saturated rings. The standard InChI is InChI=1S/C24H22IO3S2/c1-24(2,25)23(26)28-16-15-27-17-11-13-18(14-12-17)30-21-9-5-3-7-19(21)29-20-8-4-6-10-22(20)30/h3-14H,15-16H2,1-2H3/q+1. The summed E-state index contributed by atoms with van der Waals surface area (Å²) in [6.45, 7) is 4.24. The molecule has 1 heterocycles. The summed E-state index contributed by atoms with van der Waals surface area (Å²) < 4.78 is 10.5. The lowest BCUT2D eigenvalue weighted by atomic mass is 10.2. The summed E-state index contributed by atoms with van der Waals surface area (Å²) in [7, 11) is -0.136. The van der Waals surface area contributed by atoms with Gasteiger partial charge in [-0.15, -0.1) is 0 Å². The second kappa shape index (κ2) is 9.24. The predicted octanol–water partition coefficient (Wildman–Crippen LogP) is 6.38. The second-order valence-corrected chi connectivity index (χ2v) is 13.0. The molecule has 3 aromatic rings. The van der Waals surface area contributed by atoms with Gasteiger partial charge in [-0.25, -0.2) is 0 Å². The summed E-state index contributed by atoms with van der Waals surface area (Å²) in [6, 6.07) is 25.6. The van der Waals surface area contributed by atoms with Gasteiger partial charge in [0.15, 0.2) is 14.7 Å². The lowest BCUT2D eigenvalue weighted by Gasteiger charge is -2.19. The van der Waals surface area contributed by atoms with Crippen molar-refractivity contribution in [1.29, 1.82) is 0 Å². The van der Waals surface area contributed by atoms with Gasteiger partial charge >= 0.3 is 5.97 Å². The van der Waals surface area contributed by atoms with Gasteiger partial charge < -0.3 is 9.47 Å². The number of alkyl halides is 1. The van der Waals surface area contributed by atoms with Crippen LogP contribution in [0.25, 0.3) is 0 Å². The summed E-state index contributed by atoms with van der Waals surface area (Å²) in [5.41, 5.74) is 0. The number of carbonyl (C=O) groups excluding carboxylic acids is 1. The number of rotatable bonds is 6. The lowest BCUT2D eigenvalue weighted by molar-refractivity contribution is -0.145. The number of fused-ring (bicyclic) bond motifs is 2. The second-order valence-electron chi connectivity index (χ2n) is 7.23. The molecular formula is C24H22IO3S2+. The Hall–Kier alpha value is -1.64. The zero-order valence-electron chi connectivity index (χ0n) is 16.8. The van der Waals surface area contributed by atoms with Crippen molar-refractivity contribution in [3.05, 3.63) is 72.8 Å². The van der Waals surface area contributed by atoms with Crippen LogP contribution in [0.4, 0.5) is 0 Å². The number of hydrogen-bond donors (Lipinski definition) is 0. The Morgan fingerprint density at radius 2 is 1.47 bits per heavy atom. The molecule has 0 radical (unpaired) electrons. The number of carbonyl (C=O) groups is 1. The zero-order chi connectivity index (χ0) is 21.1. The number of esters is 1. The number of ether oxygens (including phenoxy) is 2. The summed E-state index contributed by atoms with van der Waals surface area (Å²) in [5.74, 6) is 0.552. The minimum Gasteiger partial charge on any atom is -0.490 e. The van der Waals surface area contributed by atoms with Crippen molar-refractivity contribution in [2.24, 2.45) is 0 Å². The van der Waals surface area contributed by atoms with Crippen molar-refractivity contribution in [3.63, 3.8) is 0 Å². The van der Waals surface area contributed by atoms with Gasteiger partial charge in [0.2, 0.25) is 0 Å². The minimum absolute atomic E-state index is 0.136. The highest BCUT2D eigenvalue weighted by Crippen LogP contribution is 2.48. The molecule has 0 saturated carbocycles. The van der Waals surface area contributed by atoms with Crippen molar-refractivity contribution < 1.29 is 14.3 Å². The van der Waals surface area contributed by atoms with Crippen LogP contribution in [0, 0.1) is 0 Å². The molecular weight excluding hydrogens is 527 g/mol. The van der Waals surface area contributed by atoms with Crippen LogP contribution in [-0.2, 0) is 20.4 Å². The van der Waals surface area contributed by atoms with Crippen molar-refractivity contribution in [3.8, 4) is 5.75 Å². The van der Waals surface area contributed by atoms with Gasteiger partial charge in [0.05, 0.1) is 9.79 Å². The van der Waals surface area contributed by atoms with Gasteiger partial charge in [0.25, 0.3) is 0 Å². The number of benzene rings is 3. The fourth-order valence-corrected chi connectivity index (χ4v) is 6.93. The molecule has 30 heavy (non-hydrogen) atoms. The van der Waals surface area contributed by atoms with Crippen molar-refractivity contribution in [2.75, 3.05) is 13.2 Å². The maximum Gasteiger partial charge on any atom is 0.321 e. The molecule has 0 amide bonds. The molecule has 0 aromatic heterocycles. The van der Waals surface area contributed by atoms with Gasteiger partial charge in [-0.1, -0.05) is 58.6 Å². The highest BCUT2D eigenvalue weighted by atomic mass is 127. The van der Waals surface area contributed by atoms with E-state index in [4.69, 9.17) is 9.47 Å². The van der Waals surface area contributed by atoms with E-state index in [1.165, 1.54) is 24.5 Å².